The molecule has 0 radical (unpaired) electrons. The number of amides is 1. The fourth-order valence-electron chi connectivity index (χ4n) is 4.83. The van der Waals surface area contributed by atoms with Crippen molar-refractivity contribution in [3.63, 3.8) is 0 Å². The number of hydrogen-bond acceptors (Lipinski definition) is 4. The van der Waals surface area contributed by atoms with Crippen molar-refractivity contribution < 1.29 is 9.53 Å². The zero-order chi connectivity index (χ0) is 18.1. The number of halogens is 3. The molecule has 0 spiro atoms. The van der Waals surface area contributed by atoms with Gasteiger partial charge in [-0.1, -0.05) is 24.4 Å². The summed E-state index contributed by atoms with van der Waals surface area (Å²) < 4.78 is 5.47. The molecule has 158 valence electrons. The molecule has 3 aliphatic rings. The van der Waals surface area contributed by atoms with Crippen molar-refractivity contribution in [3.8, 4) is 5.75 Å². The highest BCUT2D eigenvalue weighted by Gasteiger charge is 2.39. The van der Waals surface area contributed by atoms with Crippen LogP contribution in [-0.2, 0) is 4.79 Å². The Morgan fingerprint density at radius 3 is 2.79 bits per heavy atom. The third-order valence-corrected chi connectivity index (χ3v) is 6.43. The van der Waals surface area contributed by atoms with Crippen molar-refractivity contribution in [2.24, 2.45) is 5.92 Å². The molecule has 5 nitrogen and oxygen atoms in total. The van der Waals surface area contributed by atoms with Crippen LogP contribution in [0.2, 0.25) is 5.02 Å². The molecule has 2 saturated heterocycles. The van der Waals surface area contributed by atoms with E-state index in [2.05, 4.69) is 15.5 Å². The standard InChI is InChI=1S/C20H28ClN3O2.2ClH/c1-26-19-7-6-14(21)11-18(19)24-9-8-15(12-24)22-20(25)17-10-13-4-2-3-5-16(13)23-17;;/h6-7,11,13,15-17,23H,2-5,8-10,12H2,1H3,(H,22,25);2*1H. The molecule has 8 heteroatoms. The summed E-state index contributed by atoms with van der Waals surface area (Å²) >= 11 is 6.16. The van der Waals surface area contributed by atoms with Crippen molar-refractivity contribution in [2.45, 2.75) is 56.7 Å². The molecule has 4 unspecified atom stereocenters. The van der Waals surface area contributed by atoms with Gasteiger partial charge >= 0.3 is 0 Å². The lowest BCUT2D eigenvalue weighted by Gasteiger charge is -2.24. The topological polar surface area (TPSA) is 53.6 Å². The van der Waals surface area contributed by atoms with E-state index < -0.39 is 0 Å². The van der Waals surface area contributed by atoms with E-state index in [-0.39, 0.29) is 42.8 Å². The second kappa shape index (κ2) is 10.2. The van der Waals surface area contributed by atoms with Crippen LogP contribution in [0.4, 0.5) is 5.69 Å². The molecule has 1 aromatic carbocycles. The Morgan fingerprint density at radius 2 is 2.04 bits per heavy atom. The lowest BCUT2D eigenvalue weighted by Crippen LogP contribution is -2.47. The first-order chi connectivity index (χ1) is 12.6. The summed E-state index contributed by atoms with van der Waals surface area (Å²) in [6.07, 6.45) is 7.04. The minimum Gasteiger partial charge on any atom is -0.495 e. The number of methoxy groups -OCH3 is 1. The van der Waals surface area contributed by atoms with Gasteiger partial charge in [0.05, 0.1) is 18.8 Å². The van der Waals surface area contributed by atoms with Crippen LogP contribution in [0.25, 0.3) is 0 Å². The zero-order valence-corrected chi connectivity index (χ0v) is 18.5. The summed E-state index contributed by atoms with van der Waals surface area (Å²) in [6, 6.07) is 6.38. The van der Waals surface area contributed by atoms with E-state index >= 15 is 0 Å². The molecule has 1 saturated carbocycles. The molecule has 1 aliphatic carbocycles. The van der Waals surface area contributed by atoms with Crippen molar-refractivity contribution >= 4 is 48.0 Å². The largest absolute Gasteiger partial charge is 0.495 e. The number of benzene rings is 1. The van der Waals surface area contributed by atoms with Gasteiger partial charge in [0.1, 0.15) is 5.75 Å². The monoisotopic (exact) mass is 449 g/mol. The van der Waals surface area contributed by atoms with Crippen LogP contribution < -0.4 is 20.3 Å². The second-order valence-electron chi connectivity index (χ2n) is 7.86. The van der Waals surface area contributed by atoms with Gasteiger partial charge < -0.3 is 20.3 Å². The maximum Gasteiger partial charge on any atom is 0.237 e. The summed E-state index contributed by atoms with van der Waals surface area (Å²) in [4.78, 5) is 15.0. The van der Waals surface area contributed by atoms with Crippen LogP contribution in [0.5, 0.6) is 5.75 Å². The molecule has 3 fully saturated rings. The van der Waals surface area contributed by atoms with E-state index in [1.165, 1.54) is 25.7 Å². The van der Waals surface area contributed by atoms with Crippen molar-refractivity contribution in [3.05, 3.63) is 23.2 Å². The third kappa shape index (κ3) is 4.99. The molecule has 2 N–H and O–H groups in total. The number of nitrogens with one attached hydrogen (secondary N) is 2. The second-order valence-corrected chi connectivity index (χ2v) is 8.30. The summed E-state index contributed by atoms with van der Waals surface area (Å²) in [5.74, 6) is 1.68. The highest BCUT2D eigenvalue weighted by molar-refractivity contribution is 6.30. The summed E-state index contributed by atoms with van der Waals surface area (Å²) in [6.45, 7) is 1.69. The van der Waals surface area contributed by atoms with Crippen LogP contribution in [-0.4, -0.2) is 44.2 Å². The molecular formula is C20H30Cl3N3O2. The minimum atomic E-state index is -0.0159. The van der Waals surface area contributed by atoms with Gasteiger partial charge in [-0.25, -0.2) is 0 Å². The number of hydrogen-bond donors (Lipinski definition) is 2. The highest BCUT2D eigenvalue weighted by Crippen LogP contribution is 2.35. The van der Waals surface area contributed by atoms with E-state index in [9.17, 15) is 4.79 Å². The number of rotatable bonds is 4. The first-order valence-corrected chi connectivity index (χ1v) is 10.2. The Hall–Kier alpha value is -0.880. The average Bonchev–Trinajstić information content (AvgIpc) is 3.28. The molecular weight excluding hydrogens is 421 g/mol. The van der Waals surface area contributed by atoms with Gasteiger partial charge in [0.2, 0.25) is 5.91 Å². The fraction of sp³-hybridized carbons (Fsp3) is 0.650. The Bertz CT molecular complexity index is 662. The number of anilines is 1. The minimum absolute atomic E-state index is 0. The molecule has 0 bridgehead atoms. The quantitative estimate of drug-likeness (QED) is 0.732. The SMILES string of the molecule is COc1ccc(Cl)cc1N1CCC(NC(=O)C2CC3CCCCC3N2)C1.Cl.Cl. The van der Waals surface area contributed by atoms with Gasteiger partial charge in [-0.05, 0) is 49.8 Å². The van der Waals surface area contributed by atoms with Gasteiger partial charge in [-0.15, -0.1) is 24.8 Å². The Morgan fingerprint density at radius 1 is 1.25 bits per heavy atom. The number of fused-ring (bicyclic) bond motifs is 1. The molecule has 1 aromatic rings. The van der Waals surface area contributed by atoms with Gasteiger partial charge in [0, 0.05) is 30.2 Å². The van der Waals surface area contributed by atoms with Gasteiger partial charge in [0.25, 0.3) is 0 Å². The Kier molecular flexibility index (Phi) is 8.56. The molecule has 2 aliphatic heterocycles. The number of ether oxygens (including phenoxy) is 1. The zero-order valence-electron chi connectivity index (χ0n) is 16.2. The molecule has 4 atom stereocenters. The summed E-state index contributed by atoms with van der Waals surface area (Å²) in [7, 11) is 1.67. The summed E-state index contributed by atoms with van der Waals surface area (Å²) in [5, 5.41) is 7.54. The number of carbonyl (C=O) groups is 1. The maximum absolute atomic E-state index is 12.7. The van der Waals surface area contributed by atoms with Crippen LogP contribution in [0.1, 0.15) is 38.5 Å². The lowest BCUT2D eigenvalue weighted by atomic mass is 9.85. The van der Waals surface area contributed by atoms with E-state index in [1.807, 2.05) is 18.2 Å². The molecule has 2 heterocycles. The fourth-order valence-corrected chi connectivity index (χ4v) is 5.00. The first kappa shape index (κ1) is 23.4. The lowest BCUT2D eigenvalue weighted by molar-refractivity contribution is -0.123. The van der Waals surface area contributed by atoms with Crippen molar-refractivity contribution in [2.75, 3.05) is 25.1 Å². The number of nitrogens with zero attached hydrogens (tertiary/aromatic N) is 1. The predicted octanol–water partition coefficient (Wildman–Crippen LogP) is 3.81. The molecule has 1 amide bonds. The summed E-state index contributed by atoms with van der Waals surface area (Å²) in [5.41, 5.74) is 1.00. The van der Waals surface area contributed by atoms with Gasteiger partial charge in [0.15, 0.2) is 0 Å². The normalized spacial score (nSPS) is 28.7. The number of carbonyl (C=O) groups excluding carboxylic acids is 1. The predicted molar refractivity (Wildman–Crippen MR) is 119 cm³/mol. The third-order valence-electron chi connectivity index (χ3n) is 6.20. The smallest absolute Gasteiger partial charge is 0.237 e. The maximum atomic E-state index is 12.7. The van der Waals surface area contributed by atoms with Gasteiger partial charge in [-0.2, -0.15) is 0 Å². The highest BCUT2D eigenvalue weighted by atomic mass is 35.5. The van der Waals surface area contributed by atoms with E-state index in [0.29, 0.717) is 17.0 Å². The van der Waals surface area contributed by atoms with E-state index in [4.69, 9.17) is 16.3 Å². The first-order valence-electron chi connectivity index (χ1n) is 9.79. The Balaban J connectivity index is 0.00000140. The Labute approximate surface area is 184 Å². The van der Waals surface area contributed by atoms with Crippen molar-refractivity contribution in [1.82, 2.24) is 10.6 Å². The molecule has 0 aromatic heterocycles. The average molecular weight is 451 g/mol. The van der Waals surface area contributed by atoms with Crippen LogP contribution >= 0.6 is 36.4 Å². The van der Waals surface area contributed by atoms with Crippen molar-refractivity contribution in [1.29, 1.82) is 0 Å². The van der Waals surface area contributed by atoms with Crippen LogP contribution in [0.15, 0.2) is 18.2 Å². The van der Waals surface area contributed by atoms with E-state index in [1.54, 1.807) is 7.11 Å². The molecule has 4 rings (SSSR count). The molecule has 28 heavy (non-hydrogen) atoms. The van der Waals surface area contributed by atoms with E-state index in [0.717, 1.165) is 37.4 Å². The van der Waals surface area contributed by atoms with Crippen LogP contribution in [0, 0.1) is 5.92 Å². The van der Waals surface area contributed by atoms with Gasteiger partial charge in [-0.3, -0.25) is 4.79 Å². The van der Waals surface area contributed by atoms with Crippen LogP contribution in [0.3, 0.4) is 0 Å².